The number of hydrogen-bond acceptors (Lipinski definition) is 2. The minimum atomic E-state index is 0.578. The van der Waals surface area contributed by atoms with Crippen LogP contribution in [0.15, 0.2) is 0 Å². The van der Waals surface area contributed by atoms with Crippen molar-refractivity contribution in [2.45, 2.75) is 38.6 Å². The summed E-state index contributed by atoms with van der Waals surface area (Å²) in [5.41, 5.74) is 0. The second kappa shape index (κ2) is 4.47. The molecule has 0 amide bonds. The summed E-state index contributed by atoms with van der Waals surface area (Å²) in [6, 6.07) is 2.86. The number of hydrogen-bond donors (Lipinski definition) is 0. The van der Waals surface area contributed by atoms with Crippen molar-refractivity contribution in [3.05, 3.63) is 0 Å². The van der Waals surface area contributed by atoms with Crippen molar-refractivity contribution in [3.63, 3.8) is 0 Å². The van der Waals surface area contributed by atoms with Crippen LogP contribution in [-0.2, 0) is 0 Å². The first-order valence-electron chi connectivity index (χ1n) is 4.83. The van der Waals surface area contributed by atoms with Gasteiger partial charge in [-0.05, 0) is 25.8 Å². The van der Waals surface area contributed by atoms with Gasteiger partial charge in [0.1, 0.15) is 0 Å². The molecule has 1 fully saturated rings. The van der Waals surface area contributed by atoms with E-state index in [0.29, 0.717) is 12.6 Å². The zero-order valence-corrected chi connectivity index (χ0v) is 8.08. The van der Waals surface area contributed by atoms with Crippen molar-refractivity contribution < 1.29 is 0 Å². The Labute approximate surface area is 75.2 Å². The summed E-state index contributed by atoms with van der Waals surface area (Å²) in [6.45, 7) is 2.88. The summed E-state index contributed by atoms with van der Waals surface area (Å²) in [4.78, 5) is 2.20. The first-order chi connectivity index (χ1) is 5.75. The van der Waals surface area contributed by atoms with Crippen LogP contribution in [0.3, 0.4) is 0 Å². The maximum absolute atomic E-state index is 8.56. The van der Waals surface area contributed by atoms with E-state index in [-0.39, 0.29) is 0 Å². The fourth-order valence-electron chi connectivity index (χ4n) is 2.18. The third kappa shape index (κ3) is 2.22. The molecule has 68 valence electrons. The standard InChI is InChI=1S/C10H18N2/c1-9-5-3-4-6-10(9)12(2)8-7-11/h9-10H,3-6,8H2,1-2H3. The Bertz CT molecular complexity index is 171. The van der Waals surface area contributed by atoms with Gasteiger partial charge in [0.05, 0.1) is 12.6 Å². The molecular weight excluding hydrogens is 148 g/mol. The van der Waals surface area contributed by atoms with E-state index in [4.69, 9.17) is 5.26 Å². The van der Waals surface area contributed by atoms with Gasteiger partial charge in [-0.3, -0.25) is 4.90 Å². The molecule has 1 aliphatic carbocycles. The zero-order valence-electron chi connectivity index (χ0n) is 8.08. The normalized spacial score (nSPS) is 30.2. The van der Waals surface area contributed by atoms with Crippen molar-refractivity contribution in [1.82, 2.24) is 4.90 Å². The Morgan fingerprint density at radius 1 is 1.42 bits per heavy atom. The van der Waals surface area contributed by atoms with Crippen LogP contribution in [0.1, 0.15) is 32.6 Å². The smallest absolute Gasteiger partial charge is 0.0865 e. The summed E-state index contributed by atoms with van der Waals surface area (Å²) < 4.78 is 0. The van der Waals surface area contributed by atoms with Crippen molar-refractivity contribution in [1.29, 1.82) is 5.26 Å². The largest absolute Gasteiger partial charge is 0.290 e. The lowest BCUT2D eigenvalue weighted by atomic mass is 9.85. The van der Waals surface area contributed by atoms with Crippen LogP contribution >= 0.6 is 0 Å². The predicted octanol–water partition coefficient (Wildman–Crippen LogP) is 2.02. The molecule has 0 saturated heterocycles. The zero-order chi connectivity index (χ0) is 8.97. The highest BCUT2D eigenvalue weighted by atomic mass is 15.1. The number of nitrogens with zero attached hydrogens (tertiary/aromatic N) is 2. The quantitative estimate of drug-likeness (QED) is 0.587. The molecule has 0 radical (unpaired) electrons. The molecule has 0 aromatic carbocycles. The van der Waals surface area contributed by atoms with Gasteiger partial charge in [-0.1, -0.05) is 19.8 Å². The first-order valence-corrected chi connectivity index (χ1v) is 4.83. The molecule has 2 heteroatoms. The van der Waals surface area contributed by atoms with Crippen molar-refractivity contribution >= 4 is 0 Å². The van der Waals surface area contributed by atoms with Crippen LogP contribution in [-0.4, -0.2) is 24.5 Å². The molecule has 0 aromatic rings. The molecule has 2 nitrogen and oxygen atoms in total. The second-order valence-electron chi connectivity index (χ2n) is 3.90. The summed E-state index contributed by atoms with van der Waals surface area (Å²) in [5, 5.41) is 8.56. The van der Waals surface area contributed by atoms with Crippen molar-refractivity contribution in [2.24, 2.45) is 5.92 Å². The second-order valence-corrected chi connectivity index (χ2v) is 3.90. The van der Waals surface area contributed by atoms with E-state index in [1.807, 2.05) is 0 Å². The molecule has 12 heavy (non-hydrogen) atoms. The van der Waals surface area contributed by atoms with Crippen LogP contribution in [0.2, 0.25) is 0 Å². The number of nitriles is 1. The Morgan fingerprint density at radius 3 is 2.67 bits per heavy atom. The van der Waals surface area contributed by atoms with Gasteiger partial charge < -0.3 is 0 Å². The predicted molar refractivity (Wildman–Crippen MR) is 49.7 cm³/mol. The molecule has 0 bridgehead atoms. The van der Waals surface area contributed by atoms with E-state index in [2.05, 4.69) is 24.9 Å². The van der Waals surface area contributed by atoms with E-state index in [1.54, 1.807) is 0 Å². The van der Waals surface area contributed by atoms with Crippen LogP contribution in [0, 0.1) is 17.2 Å². The average Bonchev–Trinajstić information content (AvgIpc) is 2.05. The van der Waals surface area contributed by atoms with Gasteiger partial charge in [0.25, 0.3) is 0 Å². The highest BCUT2D eigenvalue weighted by Crippen LogP contribution is 2.26. The molecule has 0 aromatic heterocycles. The topological polar surface area (TPSA) is 27.0 Å². The molecule has 2 unspecified atom stereocenters. The van der Waals surface area contributed by atoms with Gasteiger partial charge in [-0.2, -0.15) is 5.26 Å². The minimum Gasteiger partial charge on any atom is -0.290 e. The van der Waals surface area contributed by atoms with Crippen LogP contribution < -0.4 is 0 Å². The van der Waals surface area contributed by atoms with E-state index in [9.17, 15) is 0 Å². The SMILES string of the molecule is CC1CCCCC1N(C)CC#N. The molecule has 2 atom stereocenters. The average molecular weight is 166 g/mol. The van der Waals surface area contributed by atoms with Gasteiger partial charge in [0.15, 0.2) is 0 Å². The van der Waals surface area contributed by atoms with Crippen molar-refractivity contribution in [2.75, 3.05) is 13.6 Å². The maximum Gasteiger partial charge on any atom is 0.0865 e. The first kappa shape index (κ1) is 9.54. The van der Waals surface area contributed by atoms with Crippen LogP contribution in [0.5, 0.6) is 0 Å². The van der Waals surface area contributed by atoms with E-state index in [1.165, 1.54) is 25.7 Å². The summed E-state index contributed by atoms with van der Waals surface area (Å²) in [6.07, 6.45) is 5.32. The lowest BCUT2D eigenvalue weighted by Gasteiger charge is -2.34. The third-order valence-electron chi connectivity index (χ3n) is 2.95. The molecular formula is C10H18N2. The minimum absolute atomic E-state index is 0.578. The van der Waals surface area contributed by atoms with Gasteiger partial charge in [0, 0.05) is 6.04 Å². The monoisotopic (exact) mass is 166 g/mol. The Hall–Kier alpha value is -0.550. The molecule has 0 spiro atoms. The Morgan fingerprint density at radius 2 is 2.08 bits per heavy atom. The lowest BCUT2D eigenvalue weighted by molar-refractivity contribution is 0.154. The lowest BCUT2D eigenvalue weighted by Crippen LogP contribution is -2.39. The molecule has 0 N–H and O–H groups in total. The highest BCUT2D eigenvalue weighted by Gasteiger charge is 2.24. The molecule has 1 aliphatic rings. The van der Waals surface area contributed by atoms with Gasteiger partial charge in [-0.15, -0.1) is 0 Å². The Balaban J connectivity index is 2.43. The molecule has 1 rings (SSSR count). The summed E-state index contributed by atoms with van der Waals surface area (Å²) in [7, 11) is 2.07. The molecule has 0 aliphatic heterocycles. The van der Waals surface area contributed by atoms with Crippen LogP contribution in [0.25, 0.3) is 0 Å². The van der Waals surface area contributed by atoms with E-state index in [0.717, 1.165) is 5.92 Å². The summed E-state index contributed by atoms with van der Waals surface area (Å²) in [5.74, 6) is 0.775. The van der Waals surface area contributed by atoms with Gasteiger partial charge in [0.2, 0.25) is 0 Å². The Kier molecular flexibility index (Phi) is 3.55. The fourth-order valence-corrected chi connectivity index (χ4v) is 2.18. The third-order valence-corrected chi connectivity index (χ3v) is 2.95. The fraction of sp³-hybridized carbons (Fsp3) is 0.900. The molecule has 1 saturated carbocycles. The van der Waals surface area contributed by atoms with E-state index >= 15 is 0 Å². The van der Waals surface area contributed by atoms with Crippen molar-refractivity contribution in [3.8, 4) is 6.07 Å². The molecule has 0 heterocycles. The highest BCUT2D eigenvalue weighted by molar-refractivity contribution is 4.84. The van der Waals surface area contributed by atoms with Gasteiger partial charge >= 0.3 is 0 Å². The van der Waals surface area contributed by atoms with Crippen LogP contribution in [0.4, 0.5) is 0 Å². The number of rotatable bonds is 2. The van der Waals surface area contributed by atoms with E-state index < -0.39 is 0 Å². The van der Waals surface area contributed by atoms with Gasteiger partial charge in [-0.25, -0.2) is 0 Å². The summed E-state index contributed by atoms with van der Waals surface area (Å²) >= 11 is 0. The maximum atomic E-state index is 8.56.